The predicted molar refractivity (Wildman–Crippen MR) is 32.5 cm³/mol. The fourth-order valence-corrected chi connectivity index (χ4v) is 1.18. The van der Waals surface area contributed by atoms with E-state index in [4.69, 9.17) is 23.2 Å². The van der Waals surface area contributed by atoms with Crippen molar-refractivity contribution >= 4 is 23.2 Å². The predicted octanol–water partition coefficient (Wildman–Crippen LogP) is 2.40. The van der Waals surface area contributed by atoms with Crippen molar-refractivity contribution < 1.29 is 0 Å². The van der Waals surface area contributed by atoms with Crippen LogP contribution in [0.4, 0.5) is 0 Å². The summed E-state index contributed by atoms with van der Waals surface area (Å²) in [6, 6.07) is 0. The van der Waals surface area contributed by atoms with Gasteiger partial charge in [0.25, 0.3) is 0 Å². The van der Waals surface area contributed by atoms with Crippen molar-refractivity contribution in [2.24, 2.45) is 5.92 Å². The van der Waals surface area contributed by atoms with E-state index in [0.29, 0.717) is 5.92 Å². The van der Waals surface area contributed by atoms with Gasteiger partial charge >= 0.3 is 0 Å². The quantitative estimate of drug-likeness (QED) is 0.488. The summed E-state index contributed by atoms with van der Waals surface area (Å²) in [7, 11) is 0. The maximum absolute atomic E-state index is 5.64. The van der Waals surface area contributed by atoms with Crippen LogP contribution in [0.1, 0.15) is 13.3 Å². The molecule has 1 radical (unpaired) electrons. The van der Waals surface area contributed by atoms with E-state index in [1.165, 1.54) is 0 Å². The summed E-state index contributed by atoms with van der Waals surface area (Å²) in [4.78, 5) is 0. The number of hydrogen-bond donors (Lipinski definition) is 0. The first kappa shape index (κ1) is 5.71. The standard InChI is InChI=1S/C5H7Cl2/c1-2-4-3-5(4,6)7/h2,4H,3H2,1H3. The van der Waals surface area contributed by atoms with Crippen molar-refractivity contribution in [1.29, 1.82) is 0 Å². The molecule has 1 atom stereocenters. The lowest BCUT2D eigenvalue weighted by atomic mass is 10.3. The zero-order chi connectivity index (χ0) is 5.49. The summed E-state index contributed by atoms with van der Waals surface area (Å²) < 4.78 is -0.394. The van der Waals surface area contributed by atoms with Crippen LogP contribution in [0.25, 0.3) is 0 Å². The molecule has 0 nitrogen and oxygen atoms in total. The molecule has 0 saturated heterocycles. The van der Waals surface area contributed by atoms with Crippen molar-refractivity contribution in [2.45, 2.75) is 17.7 Å². The van der Waals surface area contributed by atoms with E-state index < -0.39 is 4.33 Å². The summed E-state index contributed by atoms with van der Waals surface area (Å²) in [5.74, 6) is 0.454. The normalized spacial score (nSPS) is 35.6. The van der Waals surface area contributed by atoms with Crippen LogP contribution in [0.5, 0.6) is 0 Å². The van der Waals surface area contributed by atoms with E-state index in [0.717, 1.165) is 6.42 Å². The third kappa shape index (κ3) is 1.03. The lowest BCUT2D eigenvalue weighted by Crippen LogP contribution is -1.86. The van der Waals surface area contributed by atoms with Gasteiger partial charge < -0.3 is 0 Å². The fraction of sp³-hybridized carbons (Fsp3) is 0.800. The monoisotopic (exact) mass is 137 g/mol. The molecule has 1 saturated carbocycles. The van der Waals surface area contributed by atoms with E-state index in [-0.39, 0.29) is 0 Å². The van der Waals surface area contributed by atoms with E-state index >= 15 is 0 Å². The molecule has 0 aliphatic heterocycles. The molecule has 2 heteroatoms. The highest BCUT2D eigenvalue weighted by molar-refractivity contribution is 6.51. The van der Waals surface area contributed by atoms with E-state index in [9.17, 15) is 0 Å². The zero-order valence-corrected chi connectivity index (χ0v) is 5.63. The second-order valence-corrected chi connectivity index (χ2v) is 3.45. The molecular formula is C5H7Cl2. The Morgan fingerprint density at radius 3 is 2.14 bits per heavy atom. The Labute approximate surface area is 53.8 Å². The maximum atomic E-state index is 5.64. The van der Waals surface area contributed by atoms with Crippen molar-refractivity contribution in [1.82, 2.24) is 0 Å². The Kier molecular flexibility index (Phi) is 1.25. The van der Waals surface area contributed by atoms with Gasteiger partial charge in [-0.1, -0.05) is 6.92 Å². The van der Waals surface area contributed by atoms with Gasteiger partial charge in [0.05, 0.1) is 0 Å². The molecule has 0 aromatic heterocycles. The number of alkyl halides is 2. The molecule has 1 fully saturated rings. The molecule has 41 valence electrons. The summed E-state index contributed by atoms with van der Waals surface area (Å²) in [6.07, 6.45) is 2.98. The van der Waals surface area contributed by atoms with Crippen LogP contribution in [0.2, 0.25) is 0 Å². The molecule has 1 aliphatic carbocycles. The molecule has 0 heterocycles. The average Bonchev–Trinajstić information content (AvgIpc) is 2.13. The van der Waals surface area contributed by atoms with Gasteiger partial charge in [-0.15, -0.1) is 23.2 Å². The summed E-state index contributed by atoms with van der Waals surface area (Å²) in [5.41, 5.74) is 0. The third-order valence-electron chi connectivity index (χ3n) is 1.28. The number of halogens is 2. The second-order valence-electron chi connectivity index (χ2n) is 1.90. The molecule has 0 aromatic carbocycles. The molecule has 1 rings (SSSR count). The van der Waals surface area contributed by atoms with Crippen molar-refractivity contribution in [3.05, 3.63) is 6.42 Å². The molecule has 0 N–H and O–H groups in total. The minimum Gasteiger partial charge on any atom is -0.101 e. The SMILES string of the molecule is C[CH]C1CC1(Cl)Cl. The van der Waals surface area contributed by atoms with E-state index in [1.54, 1.807) is 0 Å². The Balaban J connectivity index is 2.30. The third-order valence-corrected chi connectivity index (χ3v) is 2.15. The van der Waals surface area contributed by atoms with Gasteiger partial charge in [0.2, 0.25) is 0 Å². The van der Waals surface area contributed by atoms with Gasteiger partial charge in [0.1, 0.15) is 4.33 Å². The molecule has 0 amide bonds. The van der Waals surface area contributed by atoms with Crippen molar-refractivity contribution in [3.63, 3.8) is 0 Å². The Morgan fingerprint density at radius 1 is 1.71 bits per heavy atom. The van der Waals surface area contributed by atoms with Gasteiger partial charge in [-0.05, 0) is 18.8 Å². The molecule has 1 unspecified atom stereocenters. The average molecular weight is 138 g/mol. The van der Waals surface area contributed by atoms with Crippen molar-refractivity contribution in [3.8, 4) is 0 Å². The van der Waals surface area contributed by atoms with Crippen LogP contribution in [-0.2, 0) is 0 Å². The Bertz CT molecular complexity index is 78.1. The highest BCUT2D eigenvalue weighted by Crippen LogP contribution is 2.54. The topological polar surface area (TPSA) is 0 Å². The summed E-state index contributed by atoms with van der Waals surface area (Å²) in [5, 5.41) is 0. The highest BCUT2D eigenvalue weighted by Gasteiger charge is 2.50. The zero-order valence-electron chi connectivity index (χ0n) is 4.12. The molecule has 0 bridgehead atoms. The molecule has 7 heavy (non-hydrogen) atoms. The second kappa shape index (κ2) is 1.53. The first-order chi connectivity index (χ1) is 3.17. The Morgan fingerprint density at radius 2 is 2.14 bits per heavy atom. The molecule has 1 aliphatic rings. The minimum absolute atomic E-state index is 0.394. The number of rotatable bonds is 1. The van der Waals surface area contributed by atoms with Gasteiger partial charge in [0, 0.05) is 0 Å². The molecular weight excluding hydrogens is 131 g/mol. The van der Waals surface area contributed by atoms with Crippen LogP contribution in [-0.4, -0.2) is 4.33 Å². The highest BCUT2D eigenvalue weighted by atomic mass is 35.5. The fourth-order valence-electron chi connectivity index (χ4n) is 0.596. The smallest absolute Gasteiger partial charge is 0.101 e. The van der Waals surface area contributed by atoms with Gasteiger partial charge in [-0.25, -0.2) is 0 Å². The van der Waals surface area contributed by atoms with Gasteiger partial charge in [0.15, 0.2) is 0 Å². The van der Waals surface area contributed by atoms with Crippen molar-refractivity contribution in [2.75, 3.05) is 0 Å². The van der Waals surface area contributed by atoms with E-state index in [1.807, 2.05) is 13.3 Å². The lowest BCUT2D eigenvalue weighted by Gasteiger charge is -1.89. The number of hydrogen-bond acceptors (Lipinski definition) is 0. The van der Waals surface area contributed by atoms with Gasteiger partial charge in [-0.2, -0.15) is 0 Å². The minimum atomic E-state index is -0.394. The summed E-state index contributed by atoms with van der Waals surface area (Å²) in [6.45, 7) is 1.98. The summed E-state index contributed by atoms with van der Waals surface area (Å²) >= 11 is 11.3. The van der Waals surface area contributed by atoms with Gasteiger partial charge in [-0.3, -0.25) is 0 Å². The van der Waals surface area contributed by atoms with Crippen LogP contribution < -0.4 is 0 Å². The van der Waals surface area contributed by atoms with Crippen LogP contribution in [0.3, 0.4) is 0 Å². The first-order valence-electron chi connectivity index (χ1n) is 2.34. The van der Waals surface area contributed by atoms with E-state index in [2.05, 4.69) is 0 Å². The maximum Gasteiger partial charge on any atom is 0.121 e. The molecule has 0 aromatic rings. The largest absolute Gasteiger partial charge is 0.121 e. The lowest BCUT2D eigenvalue weighted by molar-refractivity contribution is 0.981. The Hall–Kier alpha value is 0.580. The van der Waals surface area contributed by atoms with Crippen LogP contribution >= 0.6 is 23.2 Å². The van der Waals surface area contributed by atoms with Crippen LogP contribution in [0, 0.1) is 12.3 Å². The molecule has 0 spiro atoms. The first-order valence-corrected chi connectivity index (χ1v) is 3.10. The van der Waals surface area contributed by atoms with Crippen LogP contribution in [0.15, 0.2) is 0 Å².